The molecule has 5 heteroatoms. The van der Waals surface area contributed by atoms with Crippen LogP contribution in [0.25, 0.3) is 0 Å². The first kappa shape index (κ1) is 16.5. The summed E-state index contributed by atoms with van der Waals surface area (Å²) in [5.41, 5.74) is 1.45. The fourth-order valence-corrected chi connectivity index (χ4v) is 2.03. The van der Waals surface area contributed by atoms with Crippen LogP contribution in [0, 0.1) is 6.92 Å². The minimum absolute atomic E-state index is 0.00893. The Bertz CT molecular complexity index is 710. The van der Waals surface area contributed by atoms with E-state index in [0.29, 0.717) is 11.1 Å². The van der Waals surface area contributed by atoms with Gasteiger partial charge in [0, 0.05) is 19.7 Å². The third-order valence-electron chi connectivity index (χ3n) is 3.44. The molecule has 0 fully saturated rings. The molecule has 0 saturated carbocycles. The van der Waals surface area contributed by atoms with E-state index >= 15 is 0 Å². The van der Waals surface area contributed by atoms with E-state index in [0.717, 1.165) is 0 Å². The molecular formula is C18H19NO4. The summed E-state index contributed by atoms with van der Waals surface area (Å²) in [6.07, 6.45) is -1.03. The molecule has 120 valence electrons. The van der Waals surface area contributed by atoms with Crippen LogP contribution in [-0.2, 0) is 9.53 Å². The molecule has 1 amide bonds. The van der Waals surface area contributed by atoms with E-state index in [1.807, 2.05) is 6.07 Å². The zero-order valence-electron chi connectivity index (χ0n) is 13.3. The van der Waals surface area contributed by atoms with Crippen molar-refractivity contribution in [3.05, 3.63) is 65.2 Å². The number of phenolic OH excluding ortho intramolecular Hbond substituents is 1. The van der Waals surface area contributed by atoms with Gasteiger partial charge in [0.05, 0.1) is 5.56 Å². The predicted molar refractivity (Wildman–Crippen MR) is 86.1 cm³/mol. The van der Waals surface area contributed by atoms with E-state index in [2.05, 4.69) is 0 Å². The average molecular weight is 313 g/mol. The fourth-order valence-electron chi connectivity index (χ4n) is 2.03. The van der Waals surface area contributed by atoms with Gasteiger partial charge in [0.2, 0.25) is 6.10 Å². The molecule has 1 N–H and O–H groups in total. The van der Waals surface area contributed by atoms with E-state index in [1.165, 1.54) is 11.0 Å². The number of rotatable bonds is 4. The Labute approximate surface area is 135 Å². The number of nitrogens with zero attached hydrogens (tertiary/aromatic N) is 1. The second-order valence-electron chi connectivity index (χ2n) is 5.43. The van der Waals surface area contributed by atoms with E-state index in [9.17, 15) is 14.7 Å². The summed E-state index contributed by atoms with van der Waals surface area (Å²) in [6, 6.07) is 13.3. The largest absolute Gasteiger partial charge is 0.508 e. The van der Waals surface area contributed by atoms with Crippen LogP contribution < -0.4 is 0 Å². The normalized spacial score (nSPS) is 11.6. The number of carbonyl (C=O) groups is 2. The van der Waals surface area contributed by atoms with Crippen LogP contribution in [0.3, 0.4) is 0 Å². The number of phenols is 1. The third-order valence-corrected chi connectivity index (χ3v) is 3.44. The highest BCUT2D eigenvalue weighted by atomic mass is 16.5. The van der Waals surface area contributed by atoms with Crippen molar-refractivity contribution in [2.24, 2.45) is 0 Å². The Morgan fingerprint density at radius 3 is 2.30 bits per heavy atom. The van der Waals surface area contributed by atoms with Crippen LogP contribution in [0.5, 0.6) is 5.75 Å². The van der Waals surface area contributed by atoms with Crippen molar-refractivity contribution in [2.75, 3.05) is 14.1 Å². The number of likely N-dealkylation sites (N-methyl/N-ethyl adjacent to an activating group) is 1. The summed E-state index contributed by atoms with van der Waals surface area (Å²) in [6.45, 7) is 1.73. The van der Waals surface area contributed by atoms with Crippen molar-refractivity contribution >= 4 is 11.9 Å². The highest BCUT2D eigenvalue weighted by Crippen LogP contribution is 2.23. The molecule has 1 atom stereocenters. The molecule has 2 aromatic carbocycles. The van der Waals surface area contributed by atoms with E-state index in [1.54, 1.807) is 57.4 Å². The van der Waals surface area contributed by atoms with Gasteiger partial charge in [-0.25, -0.2) is 4.79 Å². The van der Waals surface area contributed by atoms with Crippen molar-refractivity contribution < 1.29 is 19.4 Å². The number of esters is 1. The molecule has 0 aromatic heterocycles. The molecule has 0 saturated heterocycles. The summed E-state index contributed by atoms with van der Waals surface area (Å²) in [7, 11) is 3.20. The SMILES string of the molecule is Cc1ccc(C(=O)O[C@H](C(=O)N(C)C)c2ccccc2)cc1O. The summed E-state index contributed by atoms with van der Waals surface area (Å²) >= 11 is 0. The molecule has 0 aliphatic heterocycles. The van der Waals surface area contributed by atoms with Crippen LogP contribution in [0.15, 0.2) is 48.5 Å². The summed E-state index contributed by atoms with van der Waals surface area (Å²) in [5, 5.41) is 9.71. The topological polar surface area (TPSA) is 66.8 Å². The average Bonchev–Trinajstić information content (AvgIpc) is 2.55. The molecule has 0 aliphatic rings. The number of aryl methyl sites for hydroxylation is 1. The predicted octanol–water partition coefficient (Wildman–Crippen LogP) is 2.69. The second-order valence-corrected chi connectivity index (χ2v) is 5.43. The Balaban J connectivity index is 2.28. The summed E-state index contributed by atoms with van der Waals surface area (Å²) < 4.78 is 5.40. The number of hydrogen-bond donors (Lipinski definition) is 1. The molecule has 23 heavy (non-hydrogen) atoms. The Morgan fingerprint density at radius 1 is 1.09 bits per heavy atom. The first-order valence-corrected chi connectivity index (χ1v) is 7.17. The lowest BCUT2D eigenvalue weighted by atomic mass is 10.1. The van der Waals surface area contributed by atoms with Gasteiger partial charge in [0.25, 0.3) is 5.91 Å². The molecule has 0 aliphatic carbocycles. The maximum absolute atomic E-state index is 12.3. The monoisotopic (exact) mass is 313 g/mol. The molecule has 0 heterocycles. The quantitative estimate of drug-likeness (QED) is 0.881. The Morgan fingerprint density at radius 2 is 1.74 bits per heavy atom. The van der Waals surface area contributed by atoms with Gasteiger partial charge in [0.15, 0.2) is 0 Å². The molecule has 2 aromatic rings. The van der Waals surface area contributed by atoms with Crippen LogP contribution in [0.1, 0.15) is 27.6 Å². The maximum atomic E-state index is 12.3. The molecule has 5 nitrogen and oxygen atoms in total. The lowest BCUT2D eigenvalue weighted by Gasteiger charge is -2.21. The van der Waals surface area contributed by atoms with Crippen molar-refractivity contribution in [3.8, 4) is 5.75 Å². The maximum Gasteiger partial charge on any atom is 0.339 e. The van der Waals surface area contributed by atoms with Gasteiger partial charge in [-0.05, 0) is 24.6 Å². The number of hydrogen-bond acceptors (Lipinski definition) is 4. The summed E-state index contributed by atoms with van der Waals surface area (Å²) in [5.74, 6) is -0.986. The van der Waals surface area contributed by atoms with Crippen molar-refractivity contribution in [1.29, 1.82) is 0 Å². The lowest BCUT2D eigenvalue weighted by Crippen LogP contribution is -2.31. The summed E-state index contributed by atoms with van der Waals surface area (Å²) in [4.78, 5) is 26.0. The van der Waals surface area contributed by atoms with Crippen molar-refractivity contribution in [1.82, 2.24) is 4.90 Å². The Hall–Kier alpha value is -2.82. The first-order chi connectivity index (χ1) is 10.9. The number of carbonyl (C=O) groups excluding carboxylic acids is 2. The molecule has 0 bridgehead atoms. The highest BCUT2D eigenvalue weighted by Gasteiger charge is 2.27. The van der Waals surface area contributed by atoms with Gasteiger partial charge in [-0.3, -0.25) is 4.79 Å². The first-order valence-electron chi connectivity index (χ1n) is 7.17. The van der Waals surface area contributed by atoms with Crippen LogP contribution in [0.2, 0.25) is 0 Å². The fraction of sp³-hybridized carbons (Fsp3) is 0.222. The highest BCUT2D eigenvalue weighted by molar-refractivity contribution is 5.93. The van der Waals surface area contributed by atoms with Crippen LogP contribution in [-0.4, -0.2) is 36.0 Å². The van der Waals surface area contributed by atoms with Gasteiger partial charge in [0.1, 0.15) is 5.75 Å². The minimum Gasteiger partial charge on any atom is -0.508 e. The minimum atomic E-state index is -1.03. The number of amides is 1. The molecule has 0 unspecified atom stereocenters. The van der Waals surface area contributed by atoms with Gasteiger partial charge in [-0.1, -0.05) is 36.4 Å². The van der Waals surface area contributed by atoms with Gasteiger partial charge in [-0.2, -0.15) is 0 Å². The molecular weight excluding hydrogens is 294 g/mol. The van der Waals surface area contributed by atoms with Crippen molar-refractivity contribution in [3.63, 3.8) is 0 Å². The van der Waals surface area contributed by atoms with E-state index < -0.39 is 12.1 Å². The van der Waals surface area contributed by atoms with Crippen LogP contribution >= 0.6 is 0 Å². The third kappa shape index (κ3) is 3.88. The zero-order valence-corrected chi connectivity index (χ0v) is 13.3. The molecule has 2 rings (SSSR count). The molecule has 0 radical (unpaired) electrons. The van der Waals surface area contributed by atoms with Crippen molar-refractivity contribution in [2.45, 2.75) is 13.0 Å². The number of benzene rings is 2. The standard InChI is InChI=1S/C18H19NO4/c1-12-9-10-14(11-15(12)20)18(22)23-16(17(21)19(2)3)13-7-5-4-6-8-13/h4-11,16,20H,1-3H3/t16-/m0/s1. The second kappa shape index (κ2) is 6.96. The number of aromatic hydroxyl groups is 1. The van der Waals surface area contributed by atoms with Gasteiger partial charge < -0.3 is 14.7 Å². The smallest absolute Gasteiger partial charge is 0.339 e. The van der Waals surface area contributed by atoms with Crippen LogP contribution in [0.4, 0.5) is 0 Å². The zero-order chi connectivity index (χ0) is 17.0. The molecule has 0 spiro atoms. The van der Waals surface area contributed by atoms with E-state index in [-0.39, 0.29) is 17.2 Å². The Kier molecular flexibility index (Phi) is 5.01. The van der Waals surface area contributed by atoms with Gasteiger partial charge >= 0.3 is 5.97 Å². The van der Waals surface area contributed by atoms with E-state index in [4.69, 9.17) is 4.74 Å². The van der Waals surface area contributed by atoms with Gasteiger partial charge in [-0.15, -0.1) is 0 Å². The lowest BCUT2D eigenvalue weighted by molar-refractivity contribution is -0.138. The number of ether oxygens (including phenoxy) is 1.